The molecule has 7 heteroatoms. The van der Waals surface area contributed by atoms with E-state index in [0.717, 1.165) is 6.29 Å². The molecule has 1 N–H and O–H groups in total. The Morgan fingerprint density at radius 3 is 2.33 bits per heavy atom. The Bertz CT molecular complexity index is 290. The van der Waals surface area contributed by atoms with Gasteiger partial charge in [0.2, 0.25) is 0 Å². The highest BCUT2D eigenvalue weighted by atomic mass is 16.6. The molecule has 0 fully saturated rings. The van der Waals surface area contributed by atoms with Gasteiger partial charge in [-0.15, -0.1) is 0 Å². The van der Waals surface area contributed by atoms with E-state index in [1.54, 1.807) is 27.9 Å². The molecule has 7 nitrogen and oxygen atoms in total. The van der Waals surface area contributed by atoms with E-state index in [1.807, 2.05) is 0 Å². The molecule has 1 unspecified atom stereocenters. The summed E-state index contributed by atoms with van der Waals surface area (Å²) in [5.74, 6) is 0. The molecule has 0 saturated heterocycles. The summed E-state index contributed by atoms with van der Waals surface area (Å²) >= 11 is 0. The number of hydrogen-bond acceptors (Lipinski definition) is 6. The first-order chi connectivity index (χ1) is 9.89. The Kier molecular flexibility index (Phi) is 10.8. The summed E-state index contributed by atoms with van der Waals surface area (Å²) in [4.78, 5) is 22.2. The molecule has 0 aromatic rings. The molecular formula is C14H27NO6. The summed E-state index contributed by atoms with van der Waals surface area (Å²) in [6.45, 7) is 7.41. The molecule has 0 aliphatic heterocycles. The summed E-state index contributed by atoms with van der Waals surface area (Å²) in [5, 5.41) is 2.61. The van der Waals surface area contributed by atoms with Crippen LogP contribution < -0.4 is 5.32 Å². The minimum atomic E-state index is -0.578. The Labute approximate surface area is 126 Å². The van der Waals surface area contributed by atoms with Crippen LogP contribution in [-0.4, -0.2) is 64.2 Å². The fraction of sp³-hybridized carbons (Fsp3) is 0.857. The molecule has 0 radical (unpaired) electrons. The third-order valence-electron chi connectivity index (χ3n) is 2.22. The van der Waals surface area contributed by atoms with Crippen LogP contribution in [0.2, 0.25) is 0 Å². The van der Waals surface area contributed by atoms with Gasteiger partial charge in [0.1, 0.15) is 11.9 Å². The van der Waals surface area contributed by atoms with E-state index in [4.69, 9.17) is 18.9 Å². The number of aldehydes is 1. The highest BCUT2D eigenvalue weighted by Crippen LogP contribution is 2.07. The largest absolute Gasteiger partial charge is 0.444 e. The fourth-order valence-corrected chi connectivity index (χ4v) is 1.35. The van der Waals surface area contributed by atoms with Crippen molar-refractivity contribution >= 4 is 12.4 Å². The van der Waals surface area contributed by atoms with E-state index < -0.39 is 17.7 Å². The molecule has 0 aromatic heterocycles. The quantitative estimate of drug-likeness (QED) is 0.455. The van der Waals surface area contributed by atoms with E-state index in [0.29, 0.717) is 26.4 Å². The smallest absolute Gasteiger partial charge is 0.407 e. The monoisotopic (exact) mass is 305 g/mol. The number of carbonyl (C=O) groups excluding carboxylic acids is 2. The summed E-state index contributed by atoms with van der Waals surface area (Å²) < 4.78 is 20.6. The third kappa shape index (κ3) is 13.6. The van der Waals surface area contributed by atoms with Crippen molar-refractivity contribution < 1.29 is 28.5 Å². The molecule has 124 valence electrons. The summed E-state index contributed by atoms with van der Waals surface area (Å²) in [6.07, 6.45) is 0.346. The highest BCUT2D eigenvalue weighted by Gasteiger charge is 2.19. The Balaban J connectivity index is 3.86. The van der Waals surface area contributed by atoms with Gasteiger partial charge in [-0.3, -0.25) is 0 Å². The maximum absolute atomic E-state index is 11.6. The Morgan fingerprint density at radius 2 is 1.76 bits per heavy atom. The van der Waals surface area contributed by atoms with Crippen molar-refractivity contribution in [3.8, 4) is 0 Å². The molecule has 0 aromatic carbocycles. The van der Waals surface area contributed by atoms with Gasteiger partial charge in [0.25, 0.3) is 0 Å². The van der Waals surface area contributed by atoms with Crippen LogP contribution in [0.4, 0.5) is 4.79 Å². The first-order valence-electron chi connectivity index (χ1n) is 6.96. The summed E-state index contributed by atoms with van der Waals surface area (Å²) in [5.41, 5.74) is -0.578. The summed E-state index contributed by atoms with van der Waals surface area (Å²) in [7, 11) is 1.60. The number of nitrogens with one attached hydrogen (secondary N) is 1. The highest BCUT2D eigenvalue weighted by molar-refractivity contribution is 5.68. The van der Waals surface area contributed by atoms with Crippen molar-refractivity contribution in [3.05, 3.63) is 0 Å². The normalized spacial score (nSPS) is 12.8. The third-order valence-corrected chi connectivity index (χ3v) is 2.22. The number of methoxy groups -OCH3 is 1. The van der Waals surface area contributed by atoms with Crippen molar-refractivity contribution in [1.82, 2.24) is 5.32 Å². The van der Waals surface area contributed by atoms with Gasteiger partial charge in [-0.25, -0.2) is 4.79 Å². The fourth-order valence-electron chi connectivity index (χ4n) is 1.35. The van der Waals surface area contributed by atoms with Gasteiger partial charge >= 0.3 is 6.09 Å². The zero-order valence-corrected chi connectivity index (χ0v) is 13.3. The second kappa shape index (κ2) is 11.5. The molecule has 0 heterocycles. The van der Waals surface area contributed by atoms with Crippen LogP contribution in [0.3, 0.4) is 0 Å². The number of hydrogen-bond donors (Lipinski definition) is 1. The van der Waals surface area contributed by atoms with Crippen LogP contribution in [0.1, 0.15) is 27.2 Å². The van der Waals surface area contributed by atoms with Crippen LogP contribution in [0, 0.1) is 0 Å². The van der Waals surface area contributed by atoms with Crippen molar-refractivity contribution in [2.75, 3.05) is 40.1 Å². The van der Waals surface area contributed by atoms with Crippen molar-refractivity contribution in [1.29, 1.82) is 0 Å². The predicted molar refractivity (Wildman–Crippen MR) is 77.4 cm³/mol. The minimum absolute atomic E-state index is 0.170. The molecule has 0 saturated carbocycles. The lowest BCUT2D eigenvalue weighted by atomic mass is 10.2. The number of ether oxygens (including phenoxy) is 4. The first kappa shape index (κ1) is 19.8. The Morgan fingerprint density at radius 1 is 1.14 bits per heavy atom. The number of rotatable bonds is 11. The van der Waals surface area contributed by atoms with Crippen LogP contribution in [0.5, 0.6) is 0 Å². The second-order valence-corrected chi connectivity index (χ2v) is 5.43. The topological polar surface area (TPSA) is 83.1 Å². The number of carbonyl (C=O) groups is 2. The molecule has 0 rings (SSSR count). The van der Waals surface area contributed by atoms with Crippen molar-refractivity contribution in [2.24, 2.45) is 0 Å². The van der Waals surface area contributed by atoms with E-state index in [9.17, 15) is 9.59 Å². The predicted octanol–water partition coefficient (Wildman–Crippen LogP) is 1.15. The van der Waals surface area contributed by atoms with Gasteiger partial charge in [-0.1, -0.05) is 0 Å². The van der Waals surface area contributed by atoms with Gasteiger partial charge in [0.05, 0.1) is 39.1 Å². The van der Waals surface area contributed by atoms with Crippen LogP contribution >= 0.6 is 0 Å². The van der Waals surface area contributed by atoms with E-state index in [1.165, 1.54) is 0 Å². The van der Waals surface area contributed by atoms with Gasteiger partial charge in [-0.2, -0.15) is 0 Å². The number of amides is 1. The minimum Gasteiger partial charge on any atom is -0.444 e. The second-order valence-electron chi connectivity index (χ2n) is 5.43. The lowest BCUT2D eigenvalue weighted by Crippen LogP contribution is -2.41. The van der Waals surface area contributed by atoms with Gasteiger partial charge < -0.3 is 29.1 Å². The molecule has 21 heavy (non-hydrogen) atoms. The number of alkyl carbamates (subject to hydrolysis) is 1. The summed E-state index contributed by atoms with van der Waals surface area (Å²) in [6, 6.07) is -0.406. The molecule has 0 spiro atoms. The molecule has 1 atom stereocenters. The average Bonchev–Trinajstić information content (AvgIpc) is 2.35. The first-order valence-corrected chi connectivity index (χ1v) is 6.96. The maximum atomic E-state index is 11.6. The maximum Gasteiger partial charge on any atom is 0.407 e. The molecular weight excluding hydrogens is 278 g/mol. The zero-order chi connectivity index (χ0) is 16.1. The molecule has 0 aliphatic rings. The van der Waals surface area contributed by atoms with Crippen molar-refractivity contribution in [3.63, 3.8) is 0 Å². The van der Waals surface area contributed by atoms with Gasteiger partial charge in [-0.05, 0) is 20.8 Å². The van der Waals surface area contributed by atoms with Crippen LogP contribution in [-0.2, 0) is 23.7 Å². The SMILES string of the molecule is COCCOCCOCC(CC=O)NC(=O)OC(C)(C)C. The standard InChI is InChI=1S/C14H27NO6/c1-14(2,3)21-13(17)15-12(5-6-16)11-20-10-9-19-8-7-18-4/h6,12H,5,7-11H2,1-4H3,(H,15,17). The van der Waals surface area contributed by atoms with Crippen LogP contribution in [0.15, 0.2) is 0 Å². The molecule has 1 amide bonds. The van der Waals surface area contributed by atoms with Gasteiger partial charge in [0, 0.05) is 13.5 Å². The van der Waals surface area contributed by atoms with E-state index >= 15 is 0 Å². The zero-order valence-electron chi connectivity index (χ0n) is 13.3. The average molecular weight is 305 g/mol. The molecule has 0 aliphatic carbocycles. The Hall–Kier alpha value is -1.18. The van der Waals surface area contributed by atoms with Gasteiger partial charge in [0.15, 0.2) is 0 Å². The van der Waals surface area contributed by atoms with E-state index in [-0.39, 0.29) is 13.0 Å². The molecule has 0 bridgehead atoms. The van der Waals surface area contributed by atoms with E-state index in [2.05, 4.69) is 5.32 Å². The lowest BCUT2D eigenvalue weighted by molar-refractivity contribution is -0.108. The van der Waals surface area contributed by atoms with Crippen LogP contribution in [0.25, 0.3) is 0 Å². The van der Waals surface area contributed by atoms with Crippen molar-refractivity contribution in [2.45, 2.75) is 38.8 Å². The lowest BCUT2D eigenvalue weighted by Gasteiger charge is -2.22.